The van der Waals surface area contributed by atoms with Gasteiger partial charge in [0.1, 0.15) is 5.92 Å². The van der Waals surface area contributed by atoms with Gasteiger partial charge in [0, 0.05) is 12.2 Å². The van der Waals surface area contributed by atoms with Gasteiger partial charge < -0.3 is 10.4 Å². The van der Waals surface area contributed by atoms with Crippen molar-refractivity contribution in [3.05, 3.63) is 35.9 Å². The van der Waals surface area contributed by atoms with E-state index >= 15 is 0 Å². The number of carbonyl (C=O) groups is 2. The van der Waals surface area contributed by atoms with E-state index < -0.39 is 11.7 Å². The van der Waals surface area contributed by atoms with Gasteiger partial charge in [-0.2, -0.15) is 4.79 Å². The number of Topliss-reactive ketones (excluding diaryl/α,β-unsaturated/α-hetero) is 1. The van der Waals surface area contributed by atoms with Gasteiger partial charge in [0.15, 0.2) is 0 Å². The minimum Gasteiger partial charge on any atom is -0.361 e. The molecule has 0 bridgehead atoms. The van der Waals surface area contributed by atoms with E-state index in [9.17, 15) is 9.59 Å². The molecule has 1 unspecified atom stereocenters. The van der Waals surface area contributed by atoms with E-state index in [2.05, 4.69) is 4.79 Å². The van der Waals surface area contributed by atoms with Crippen LogP contribution in [0, 0.1) is 5.92 Å². The molecule has 5 nitrogen and oxygen atoms in total. The summed E-state index contributed by atoms with van der Waals surface area (Å²) in [5.41, 5.74) is 9.08. The van der Waals surface area contributed by atoms with E-state index in [0.717, 1.165) is 11.9 Å². The second-order valence-electron chi connectivity index (χ2n) is 3.81. The third kappa shape index (κ3) is 2.14. The van der Waals surface area contributed by atoms with E-state index in [1.165, 1.54) is 0 Å². The topological polar surface area (TPSA) is 73.8 Å². The Morgan fingerprint density at radius 2 is 2.12 bits per heavy atom. The van der Waals surface area contributed by atoms with Crippen molar-refractivity contribution in [3.8, 4) is 0 Å². The monoisotopic (exact) mass is 229 g/mol. The second-order valence-corrected chi connectivity index (χ2v) is 3.81. The summed E-state index contributed by atoms with van der Waals surface area (Å²) in [4.78, 5) is 27.7. The number of para-hydroxylation sites is 1. The Morgan fingerprint density at radius 1 is 1.41 bits per heavy atom. The molecular formula is C12H11N3O2. The van der Waals surface area contributed by atoms with E-state index in [1.54, 1.807) is 4.90 Å². The van der Waals surface area contributed by atoms with Crippen LogP contribution in [0.15, 0.2) is 30.3 Å². The van der Waals surface area contributed by atoms with Gasteiger partial charge in [-0.1, -0.05) is 18.2 Å². The van der Waals surface area contributed by atoms with Crippen molar-refractivity contribution >= 4 is 23.6 Å². The predicted octanol–water partition coefficient (Wildman–Crippen LogP) is 0.909. The summed E-state index contributed by atoms with van der Waals surface area (Å²) < 4.78 is 0. The first-order valence-corrected chi connectivity index (χ1v) is 5.31. The van der Waals surface area contributed by atoms with Crippen LogP contribution in [0.2, 0.25) is 0 Å². The van der Waals surface area contributed by atoms with Crippen LogP contribution in [-0.4, -0.2) is 29.2 Å². The van der Waals surface area contributed by atoms with Crippen molar-refractivity contribution in [2.75, 3.05) is 11.4 Å². The van der Waals surface area contributed by atoms with Gasteiger partial charge in [-0.15, -0.1) is 0 Å². The largest absolute Gasteiger partial charge is 0.361 e. The number of anilines is 1. The van der Waals surface area contributed by atoms with Gasteiger partial charge in [-0.05, 0) is 18.6 Å². The van der Waals surface area contributed by atoms with Crippen LogP contribution in [0.4, 0.5) is 5.69 Å². The van der Waals surface area contributed by atoms with Crippen LogP contribution < -0.4 is 4.90 Å². The first-order valence-electron chi connectivity index (χ1n) is 5.31. The lowest BCUT2D eigenvalue weighted by molar-refractivity contribution is -0.128. The Hall–Kier alpha value is -2.26. The lowest BCUT2D eigenvalue weighted by atomic mass is 10.0. The van der Waals surface area contributed by atoms with E-state index in [-0.39, 0.29) is 5.91 Å². The standard InChI is InChI=1S/C12H11N3O2/c13-14-8-11(16)10-6-7-15(12(10)17)9-4-2-1-3-5-9/h1-5,8,10H,6-7H2. The summed E-state index contributed by atoms with van der Waals surface area (Å²) in [6.45, 7) is 0.512. The van der Waals surface area contributed by atoms with Gasteiger partial charge in [-0.25, -0.2) is 0 Å². The number of benzene rings is 1. The number of ketones is 1. The molecule has 0 aromatic heterocycles. The molecule has 5 heteroatoms. The molecule has 0 aliphatic carbocycles. The van der Waals surface area contributed by atoms with Crippen molar-refractivity contribution in [2.45, 2.75) is 6.42 Å². The Morgan fingerprint density at radius 3 is 2.76 bits per heavy atom. The SMILES string of the molecule is [N-]=[N+]=CC(=O)C1CCN(c2ccccc2)C1=O. The van der Waals surface area contributed by atoms with Gasteiger partial charge in [0.2, 0.25) is 11.7 Å². The summed E-state index contributed by atoms with van der Waals surface area (Å²) in [6.07, 6.45) is 1.25. The smallest absolute Gasteiger partial charge is 0.323 e. The number of carbonyl (C=O) groups excluding carboxylic acids is 2. The lowest BCUT2D eigenvalue weighted by Crippen LogP contribution is -2.30. The van der Waals surface area contributed by atoms with Crippen LogP contribution >= 0.6 is 0 Å². The lowest BCUT2D eigenvalue weighted by Gasteiger charge is -2.15. The van der Waals surface area contributed by atoms with E-state index in [4.69, 9.17) is 5.53 Å². The quantitative estimate of drug-likeness (QED) is 0.334. The Labute approximate surface area is 98.3 Å². The minimum atomic E-state index is -0.717. The van der Waals surface area contributed by atoms with Crippen LogP contribution in [0.1, 0.15) is 6.42 Å². The number of hydrogen-bond acceptors (Lipinski definition) is 2. The summed E-state index contributed by atoms with van der Waals surface area (Å²) in [5, 5.41) is 0. The van der Waals surface area contributed by atoms with Crippen LogP contribution in [0.3, 0.4) is 0 Å². The maximum Gasteiger partial charge on any atom is 0.323 e. The van der Waals surface area contributed by atoms with Gasteiger partial charge in [-0.3, -0.25) is 9.59 Å². The molecular weight excluding hydrogens is 218 g/mol. The fourth-order valence-corrected chi connectivity index (χ4v) is 1.96. The van der Waals surface area contributed by atoms with Crippen molar-refractivity contribution in [2.24, 2.45) is 5.92 Å². The number of rotatable bonds is 3. The second kappa shape index (κ2) is 4.72. The summed E-state index contributed by atoms with van der Waals surface area (Å²) in [7, 11) is 0. The zero-order chi connectivity index (χ0) is 12.3. The maximum atomic E-state index is 12.0. The minimum absolute atomic E-state index is 0.235. The van der Waals surface area contributed by atoms with E-state index in [0.29, 0.717) is 13.0 Å². The van der Waals surface area contributed by atoms with Crippen LogP contribution in [0.5, 0.6) is 0 Å². The molecule has 1 atom stereocenters. The molecule has 1 fully saturated rings. The molecule has 86 valence electrons. The summed E-state index contributed by atoms with van der Waals surface area (Å²) >= 11 is 0. The van der Waals surface area contributed by atoms with E-state index in [1.807, 2.05) is 30.3 Å². The third-order valence-electron chi connectivity index (χ3n) is 2.80. The summed E-state index contributed by atoms with van der Waals surface area (Å²) in [5.74, 6) is -1.40. The molecule has 0 N–H and O–H groups in total. The molecule has 17 heavy (non-hydrogen) atoms. The molecule has 0 radical (unpaired) electrons. The molecule has 1 aromatic rings. The van der Waals surface area contributed by atoms with Crippen LogP contribution in [0.25, 0.3) is 5.53 Å². The zero-order valence-corrected chi connectivity index (χ0v) is 9.11. The number of nitrogens with zero attached hydrogens (tertiary/aromatic N) is 3. The van der Waals surface area contributed by atoms with Crippen molar-refractivity contribution < 1.29 is 14.4 Å². The highest BCUT2D eigenvalue weighted by molar-refractivity contribution is 6.33. The molecule has 1 saturated heterocycles. The molecule has 1 aromatic carbocycles. The van der Waals surface area contributed by atoms with Gasteiger partial charge in [0.05, 0.1) is 0 Å². The molecule has 1 aliphatic rings. The fourth-order valence-electron chi connectivity index (χ4n) is 1.96. The first kappa shape index (κ1) is 11.2. The van der Waals surface area contributed by atoms with Crippen molar-refractivity contribution in [1.29, 1.82) is 0 Å². The molecule has 0 saturated carbocycles. The highest BCUT2D eigenvalue weighted by Gasteiger charge is 2.38. The first-order chi connectivity index (χ1) is 8.24. The average Bonchev–Trinajstić information content (AvgIpc) is 2.72. The third-order valence-corrected chi connectivity index (χ3v) is 2.80. The maximum absolute atomic E-state index is 12.0. The Balaban J connectivity index is 2.19. The van der Waals surface area contributed by atoms with Crippen molar-refractivity contribution in [3.63, 3.8) is 0 Å². The number of hydrogen-bond donors (Lipinski definition) is 0. The Bertz CT molecular complexity index is 492. The zero-order valence-electron chi connectivity index (χ0n) is 9.11. The van der Waals surface area contributed by atoms with Crippen molar-refractivity contribution in [1.82, 2.24) is 0 Å². The number of amides is 1. The molecule has 1 heterocycles. The molecule has 0 spiro atoms. The van der Waals surface area contributed by atoms with Crippen LogP contribution in [-0.2, 0) is 9.59 Å². The average molecular weight is 229 g/mol. The van der Waals surface area contributed by atoms with Gasteiger partial charge in [0.25, 0.3) is 0 Å². The van der Waals surface area contributed by atoms with Gasteiger partial charge >= 0.3 is 6.21 Å². The highest BCUT2D eigenvalue weighted by atomic mass is 16.2. The predicted molar refractivity (Wildman–Crippen MR) is 61.6 cm³/mol. The Kier molecular flexibility index (Phi) is 3.12. The molecule has 2 rings (SSSR count). The molecule has 1 aliphatic heterocycles. The fraction of sp³-hybridized carbons (Fsp3) is 0.250. The highest BCUT2D eigenvalue weighted by Crippen LogP contribution is 2.24. The molecule has 1 amide bonds. The summed E-state index contributed by atoms with van der Waals surface area (Å²) in [6, 6.07) is 9.20. The normalized spacial score (nSPS) is 18.9.